The van der Waals surface area contributed by atoms with Gasteiger partial charge in [0, 0.05) is 11.8 Å². The van der Waals surface area contributed by atoms with E-state index >= 15 is 0 Å². The minimum atomic E-state index is -4.66. The number of hydrogen-bond donors (Lipinski definition) is 2. The van der Waals surface area contributed by atoms with E-state index < -0.39 is 17.6 Å². The van der Waals surface area contributed by atoms with E-state index in [0.29, 0.717) is 17.5 Å². The molecule has 2 aromatic carbocycles. The highest BCUT2D eigenvalue weighted by Gasteiger charge is 2.33. The molecule has 0 aromatic heterocycles. The molecule has 0 bridgehead atoms. The van der Waals surface area contributed by atoms with Crippen molar-refractivity contribution in [1.29, 1.82) is 0 Å². The van der Waals surface area contributed by atoms with E-state index in [4.69, 9.17) is 10.5 Å². The molecule has 3 N–H and O–H groups in total. The Morgan fingerprint density at radius 3 is 2.56 bits per heavy atom. The maximum atomic E-state index is 13.1. The number of alkyl halides is 3. The lowest BCUT2D eigenvalue weighted by atomic mass is 10.1. The second-order valence-electron chi connectivity index (χ2n) is 4.86. The molecule has 0 fully saturated rings. The monoisotopic (exact) mass is 469 g/mol. The van der Waals surface area contributed by atoms with Crippen molar-refractivity contribution in [1.82, 2.24) is 0 Å². The highest BCUT2D eigenvalue weighted by atomic mass is 127. The molecule has 0 aliphatic rings. The predicted octanol–water partition coefficient (Wildman–Crippen LogP) is 4.40. The Balaban J connectivity index is 0.00000312. The summed E-state index contributed by atoms with van der Waals surface area (Å²) < 4.78 is 56.8. The van der Waals surface area contributed by atoms with Crippen molar-refractivity contribution < 1.29 is 22.3 Å². The average molecular weight is 469 g/mol. The Kier molecular flexibility index (Phi) is 7.46. The van der Waals surface area contributed by atoms with Gasteiger partial charge in [-0.2, -0.15) is 13.2 Å². The van der Waals surface area contributed by atoms with Gasteiger partial charge in [0.1, 0.15) is 11.6 Å². The summed E-state index contributed by atoms with van der Waals surface area (Å²) >= 11 is 0. The number of rotatable bonds is 4. The lowest BCUT2D eigenvalue weighted by molar-refractivity contribution is -0.138. The number of nitrogens with one attached hydrogen (secondary N) is 1. The Bertz CT molecular complexity index is 750. The average Bonchev–Trinajstić information content (AvgIpc) is 2.53. The van der Waals surface area contributed by atoms with Gasteiger partial charge in [-0.1, -0.05) is 12.1 Å². The van der Waals surface area contributed by atoms with Crippen LogP contribution in [-0.4, -0.2) is 13.1 Å². The van der Waals surface area contributed by atoms with Gasteiger partial charge >= 0.3 is 6.18 Å². The van der Waals surface area contributed by atoms with Crippen molar-refractivity contribution in [2.75, 3.05) is 12.4 Å². The van der Waals surface area contributed by atoms with Crippen molar-refractivity contribution in [3.63, 3.8) is 0 Å². The minimum absolute atomic E-state index is 0. The predicted molar refractivity (Wildman–Crippen MR) is 98.8 cm³/mol. The Morgan fingerprint density at radius 2 is 1.92 bits per heavy atom. The fraction of sp³-hybridized carbons (Fsp3) is 0.188. The molecule has 2 aromatic rings. The molecule has 0 saturated carbocycles. The molecule has 9 heteroatoms. The van der Waals surface area contributed by atoms with E-state index in [1.54, 1.807) is 24.3 Å². The third-order valence-electron chi connectivity index (χ3n) is 3.14. The van der Waals surface area contributed by atoms with Crippen molar-refractivity contribution in [3.05, 3.63) is 59.4 Å². The van der Waals surface area contributed by atoms with Gasteiger partial charge in [-0.3, -0.25) is 0 Å². The summed E-state index contributed by atoms with van der Waals surface area (Å²) in [5, 5.41) is 2.75. The van der Waals surface area contributed by atoms with E-state index in [-0.39, 0.29) is 42.0 Å². The van der Waals surface area contributed by atoms with Crippen LogP contribution in [0.15, 0.2) is 47.5 Å². The molecule has 2 rings (SSSR count). The smallest absolute Gasteiger partial charge is 0.416 e. The van der Waals surface area contributed by atoms with Crippen LogP contribution in [-0.2, 0) is 12.7 Å². The zero-order chi connectivity index (χ0) is 17.7. The zero-order valence-corrected chi connectivity index (χ0v) is 15.4. The number of guanidine groups is 1. The first-order chi connectivity index (χ1) is 11.3. The van der Waals surface area contributed by atoms with Gasteiger partial charge in [-0.25, -0.2) is 9.38 Å². The summed E-state index contributed by atoms with van der Waals surface area (Å²) in [4.78, 5) is 3.87. The molecule has 4 nitrogen and oxygen atoms in total. The Labute approximate surface area is 159 Å². The number of hydrogen-bond acceptors (Lipinski definition) is 2. The van der Waals surface area contributed by atoms with E-state index in [1.165, 1.54) is 7.11 Å². The SMILES string of the molecule is COc1cccc(NC(N)=NCc2ccc(F)cc2C(F)(F)F)c1.I. The minimum Gasteiger partial charge on any atom is -0.497 e. The second kappa shape index (κ2) is 8.88. The highest BCUT2D eigenvalue weighted by Crippen LogP contribution is 2.32. The molecular weight excluding hydrogens is 453 g/mol. The van der Waals surface area contributed by atoms with E-state index in [0.717, 1.165) is 12.1 Å². The van der Waals surface area contributed by atoms with E-state index in [9.17, 15) is 17.6 Å². The first kappa shape index (κ1) is 21.0. The topological polar surface area (TPSA) is 59.6 Å². The lowest BCUT2D eigenvalue weighted by Crippen LogP contribution is -2.22. The second-order valence-corrected chi connectivity index (χ2v) is 4.86. The molecule has 0 amide bonds. The van der Waals surface area contributed by atoms with Gasteiger partial charge in [-0.05, 0) is 29.8 Å². The van der Waals surface area contributed by atoms with Crippen LogP contribution in [0, 0.1) is 5.82 Å². The molecule has 0 radical (unpaired) electrons. The highest BCUT2D eigenvalue weighted by molar-refractivity contribution is 14.0. The van der Waals surface area contributed by atoms with Crippen molar-refractivity contribution >= 4 is 35.6 Å². The van der Waals surface area contributed by atoms with Crippen LogP contribution in [0.1, 0.15) is 11.1 Å². The Morgan fingerprint density at radius 1 is 1.20 bits per heavy atom. The molecule has 0 heterocycles. The van der Waals surface area contributed by atoms with Crippen LogP contribution in [0.3, 0.4) is 0 Å². The quantitative estimate of drug-likeness (QED) is 0.302. The fourth-order valence-electron chi connectivity index (χ4n) is 2.01. The van der Waals surface area contributed by atoms with Gasteiger partial charge in [-0.15, -0.1) is 24.0 Å². The maximum Gasteiger partial charge on any atom is 0.416 e. The van der Waals surface area contributed by atoms with Crippen molar-refractivity contribution in [3.8, 4) is 5.75 Å². The number of nitrogens with two attached hydrogens (primary N) is 1. The van der Waals surface area contributed by atoms with Crippen molar-refractivity contribution in [2.24, 2.45) is 10.7 Å². The van der Waals surface area contributed by atoms with Gasteiger partial charge in [0.15, 0.2) is 5.96 Å². The summed E-state index contributed by atoms with van der Waals surface area (Å²) in [6.45, 7) is -0.335. The number of ether oxygens (including phenoxy) is 1. The number of aliphatic imine (C=N–C) groups is 1. The third-order valence-corrected chi connectivity index (χ3v) is 3.14. The number of anilines is 1. The van der Waals surface area contributed by atoms with Gasteiger partial charge in [0.05, 0.1) is 19.2 Å². The zero-order valence-electron chi connectivity index (χ0n) is 13.1. The standard InChI is InChI=1S/C16H15F4N3O.HI/c1-24-13-4-2-3-12(8-13)23-15(21)22-9-10-5-6-11(17)7-14(10)16(18,19)20;/h2-8H,9H2,1H3,(H3,21,22,23);1H. The van der Waals surface area contributed by atoms with Crippen molar-refractivity contribution in [2.45, 2.75) is 12.7 Å². The molecule has 25 heavy (non-hydrogen) atoms. The fourth-order valence-corrected chi connectivity index (χ4v) is 2.01. The molecule has 0 atom stereocenters. The van der Waals surface area contributed by atoms with Crippen LogP contribution in [0.5, 0.6) is 5.75 Å². The largest absolute Gasteiger partial charge is 0.497 e. The van der Waals surface area contributed by atoms with Gasteiger partial charge in [0.2, 0.25) is 0 Å². The molecular formula is C16H16F4IN3O. The number of benzene rings is 2. The molecule has 0 aliphatic carbocycles. The Hall–Kier alpha value is -2.04. The summed E-state index contributed by atoms with van der Waals surface area (Å²) in [7, 11) is 1.50. The van der Waals surface area contributed by atoms with Crippen LogP contribution < -0.4 is 15.8 Å². The number of methoxy groups -OCH3 is 1. The normalized spacial score (nSPS) is 11.6. The van der Waals surface area contributed by atoms with E-state index in [1.807, 2.05) is 0 Å². The van der Waals surface area contributed by atoms with Gasteiger partial charge < -0.3 is 15.8 Å². The maximum absolute atomic E-state index is 13.1. The number of nitrogens with zero attached hydrogens (tertiary/aromatic N) is 1. The molecule has 0 saturated heterocycles. The van der Waals surface area contributed by atoms with Crippen LogP contribution >= 0.6 is 24.0 Å². The van der Waals surface area contributed by atoms with Crippen LogP contribution in [0.25, 0.3) is 0 Å². The third kappa shape index (κ3) is 6.07. The van der Waals surface area contributed by atoms with Crippen LogP contribution in [0.2, 0.25) is 0 Å². The van der Waals surface area contributed by atoms with Crippen LogP contribution in [0.4, 0.5) is 23.2 Å². The summed E-state index contributed by atoms with van der Waals surface area (Å²) in [5.41, 5.74) is 5.02. The van der Waals surface area contributed by atoms with E-state index in [2.05, 4.69) is 10.3 Å². The molecule has 136 valence electrons. The van der Waals surface area contributed by atoms with Gasteiger partial charge in [0.25, 0.3) is 0 Å². The summed E-state index contributed by atoms with van der Waals surface area (Å²) in [5.74, 6) is -0.441. The first-order valence-electron chi connectivity index (χ1n) is 6.86. The molecule has 0 unspecified atom stereocenters. The first-order valence-corrected chi connectivity index (χ1v) is 6.86. The molecule has 0 aliphatic heterocycles. The molecule has 0 spiro atoms. The summed E-state index contributed by atoms with van der Waals surface area (Å²) in [6, 6.07) is 9.23. The number of halogens is 5. The summed E-state index contributed by atoms with van der Waals surface area (Å²) in [6.07, 6.45) is -4.66. The lowest BCUT2D eigenvalue weighted by Gasteiger charge is -2.12.